The zero-order chi connectivity index (χ0) is 38.7. The van der Waals surface area contributed by atoms with Gasteiger partial charge in [-0.25, -0.2) is 15.0 Å². The van der Waals surface area contributed by atoms with E-state index in [1.807, 2.05) is 127 Å². The molecule has 49 heavy (non-hydrogen) atoms. The zero-order valence-electron chi connectivity index (χ0n) is 33.1. The van der Waals surface area contributed by atoms with Crippen molar-refractivity contribution in [3.8, 4) is 62.1 Å². The van der Waals surface area contributed by atoms with Crippen LogP contribution in [-0.2, 0) is 0 Å². The van der Waals surface area contributed by atoms with Gasteiger partial charge in [-0.3, -0.25) is 0 Å². The molecule has 0 aliphatic heterocycles. The second-order valence-electron chi connectivity index (χ2n) is 11.6. The van der Waals surface area contributed by atoms with E-state index in [2.05, 4.69) is 0 Å². The Hall–Kier alpha value is -6.65. The van der Waals surface area contributed by atoms with Crippen LogP contribution in [0.1, 0.15) is 9.60 Å². The van der Waals surface area contributed by atoms with Crippen molar-refractivity contribution < 1.29 is 9.60 Å². The van der Waals surface area contributed by atoms with Crippen LogP contribution in [0.25, 0.3) is 83.9 Å². The van der Waals surface area contributed by atoms with E-state index in [1.54, 1.807) is 16.7 Å². The number of hydrogen-bond donors (Lipinski definition) is 0. The van der Waals surface area contributed by atoms with E-state index in [1.165, 1.54) is 0 Å². The fourth-order valence-corrected chi connectivity index (χ4v) is 6.10. The van der Waals surface area contributed by atoms with Crippen LogP contribution in [0, 0.1) is 0 Å². The molecule has 0 atom stereocenters. The molecule has 0 aliphatic rings. The third-order valence-electron chi connectivity index (χ3n) is 8.50. The minimum atomic E-state index is -0.452. The summed E-state index contributed by atoms with van der Waals surface area (Å²) < 4.78 is 64.9. The molecule has 9 rings (SSSR count). The van der Waals surface area contributed by atoms with Crippen LogP contribution in [-0.4, -0.2) is 19.5 Å². The number of aromatic nitrogens is 4. The molecular weight excluding hydrogens is 597 g/mol. The van der Waals surface area contributed by atoms with Crippen LogP contribution in [0.2, 0.25) is 0 Å². The summed E-state index contributed by atoms with van der Waals surface area (Å²) in [6.45, 7) is 0. The molecule has 0 N–H and O–H groups in total. The molecule has 2 aromatic heterocycles. The second kappa shape index (κ2) is 12.2. The van der Waals surface area contributed by atoms with Crippen LogP contribution in [0.3, 0.4) is 0 Å². The molecule has 230 valence electrons. The summed E-state index contributed by atoms with van der Waals surface area (Å²) in [7, 11) is 0. The van der Waals surface area contributed by atoms with Gasteiger partial charge in [-0.1, -0.05) is 139 Å². The number of benzene rings is 7. The van der Waals surface area contributed by atoms with Crippen molar-refractivity contribution in [2.75, 3.05) is 0 Å². The highest BCUT2D eigenvalue weighted by Gasteiger charge is 2.16. The first-order chi connectivity index (χ1) is 27.2. The quantitative estimate of drug-likeness (QED) is 0.183. The lowest BCUT2D eigenvalue weighted by atomic mass is 9.98. The molecule has 4 heteroatoms. The molecule has 0 fully saturated rings. The highest BCUT2D eigenvalue weighted by Crippen LogP contribution is 2.36. The molecule has 0 saturated heterocycles. The van der Waals surface area contributed by atoms with Crippen molar-refractivity contribution in [2.45, 2.75) is 0 Å². The van der Waals surface area contributed by atoms with E-state index in [0.29, 0.717) is 34.3 Å². The Labute approximate surface area is 294 Å². The van der Waals surface area contributed by atoms with Crippen LogP contribution in [0.5, 0.6) is 0 Å². The molecule has 0 aliphatic carbocycles. The third-order valence-corrected chi connectivity index (χ3v) is 8.50. The summed E-state index contributed by atoms with van der Waals surface area (Å²) in [5.74, 6) is 1.45. The lowest BCUT2D eigenvalue weighted by molar-refractivity contribution is 1.07. The fourth-order valence-electron chi connectivity index (χ4n) is 6.10. The van der Waals surface area contributed by atoms with E-state index < -0.39 is 12.1 Å². The summed E-state index contributed by atoms with van der Waals surface area (Å²) in [5.41, 5.74) is 5.80. The number of para-hydroxylation sites is 1. The van der Waals surface area contributed by atoms with Gasteiger partial charge in [-0.2, -0.15) is 0 Å². The summed E-state index contributed by atoms with van der Waals surface area (Å²) in [6.07, 6.45) is 0. The topological polar surface area (TPSA) is 43.6 Å². The first-order valence-electron chi connectivity index (χ1n) is 19.4. The van der Waals surface area contributed by atoms with Gasteiger partial charge in [0.1, 0.15) is 0 Å². The van der Waals surface area contributed by atoms with Crippen molar-refractivity contribution in [2.24, 2.45) is 0 Å². The van der Waals surface area contributed by atoms with Gasteiger partial charge in [0.25, 0.3) is 0 Å². The predicted molar refractivity (Wildman–Crippen MR) is 201 cm³/mol. The largest absolute Gasteiger partial charge is 0.309 e. The van der Waals surface area contributed by atoms with Gasteiger partial charge in [0.2, 0.25) is 0 Å². The van der Waals surface area contributed by atoms with Gasteiger partial charge >= 0.3 is 0 Å². The molecule has 0 bridgehead atoms. The van der Waals surface area contributed by atoms with Crippen LogP contribution in [0.4, 0.5) is 0 Å². The van der Waals surface area contributed by atoms with Gasteiger partial charge in [0.05, 0.1) is 20.6 Å². The lowest BCUT2D eigenvalue weighted by Gasteiger charge is -2.11. The maximum Gasteiger partial charge on any atom is 0.164 e. The Balaban J connectivity index is 1.28. The van der Waals surface area contributed by atoms with E-state index in [9.17, 15) is 4.11 Å². The molecular formula is C45H30N4. The Morgan fingerprint density at radius 2 is 0.878 bits per heavy atom. The monoisotopic (exact) mass is 633 g/mol. The minimum absolute atomic E-state index is 0.0687. The summed E-state index contributed by atoms with van der Waals surface area (Å²) in [6, 6.07) is 41.8. The van der Waals surface area contributed by atoms with Crippen molar-refractivity contribution in [3.05, 3.63) is 182 Å². The molecule has 2 heterocycles. The normalized spacial score (nSPS) is 13.3. The predicted octanol–water partition coefficient (Wildman–Crippen LogP) is 11.3. The van der Waals surface area contributed by atoms with E-state index in [-0.39, 0.29) is 57.6 Å². The standard InChI is InChI=1S/C45H30N4/c1-4-13-31(14-5-1)35-19-12-20-36(29-35)37-25-28-40-39-21-10-11-22-41(39)49(42(40)30-37)38-26-23-34(24-27-38)45-47-43(32-15-6-2-7-16-32)46-44(48-45)33-17-8-3-9-18-33/h1-30H/i10D,11D,21D,22D,25D,28D,30D. The first kappa shape index (κ1) is 22.0. The fraction of sp³-hybridized carbons (Fsp3) is 0. The minimum Gasteiger partial charge on any atom is -0.309 e. The number of fused-ring (bicyclic) bond motifs is 3. The number of rotatable bonds is 6. The maximum atomic E-state index is 9.68. The average Bonchev–Trinajstić information content (AvgIpc) is 3.62. The van der Waals surface area contributed by atoms with Crippen molar-refractivity contribution in [3.63, 3.8) is 0 Å². The summed E-state index contributed by atoms with van der Waals surface area (Å²) >= 11 is 0. The van der Waals surface area contributed by atoms with Crippen molar-refractivity contribution >= 4 is 21.8 Å². The summed E-state index contributed by atoms with van der Waals surface area (Å²) in [4.78, 5) is 14.5. The van der Waals surface area contributed by atoms with Gasteiger partial charge in [-0.15, -0.1) is 0 Å². The highest BCUT2D eigenvalue weighted by molar-refractivity contribution is 6.10. The molecule has 4 nitrogen and oxygen atoms in total. The molecule has 0 unspecified atom stereocenters. The van der Waals surface area contributed by atoms with E-state index in [0.717, 1.165) is 22.3 Å². The van der Waals surface area contributed by atoms with E-state index >= 15 is 0 Å². The molecule has 0 spiro atoms. The molecule has 7 aromatic carbocycles. The Kier molecular flexibility index (Phi) is 5.47. The zero-order valence-corrected chi connectivity index (χ0v) is 26.1. The smallest absolute Gasteiger partial charge is 0.164 e. The molecule has 0 saturated carbocycles. The second-order valence-corrected chi connectivity index (χ2v) is 11.6. The Morgan fingerprint density at radius 3 is 1.49 bits per heavy atom. The number of hydrogen-bond acceptors (Lipinski definition) is 3. The SMILES string of the molecule is [2H]c1c([2H])c([2H])c2c(c1[2H])c1c([2H])c([2H])c(-c3cccc(-c4ccccc4)c3)c([2H])c1n2-c1ccc(-c2nc(-c3ccccc3)nc(-c3ccccc3)n2)cc1. The van der Waals surface area contributed by atoms with Crippen molar-refractivity contribution in [1.82, 2.24) is 19.5 Å². The highest BCUT2D eigenvalue weighted by atomic mass is 15.0. The maximum absolute atomic E-state index is 9.68. The molecule has 0 amide bonds. The Bertz CT molecular complexity index is 2910. The number of nitrogens with zero attached hydrogens (tertiary/aromatic N) is 4. The molecule has 0 radical (unpaired) electrons. The first-order valence-corrected chi connectivity index (χ1v) is 15.9. The van der Waals surface area contributed by atoms with Gasteiger partial charge in [0, 0.05) is 33.2 Å². The summed E-state index contributed by atoms with van der Waals surface area (Å²) in [5, 5.41) is 0.204. The van der Waals surface area contributed by atoms with Crippen LogP contribution >= 0.6 is 0 Å². The van der Waals surface area contributed by atoms with Crippen LogP contribution < -0.4 is 0 Å². The van der Waals surface area contributed by atoms with Gasteiger partial charge in [0.15, 0.2) is 17.5 Å². The average molecular weight is 634 g/mol. The van der Waals surface area contributed by atoms with Gasteiger partial charge < -0.3 is 4.57 Å². The van der Waals surface area contributed by atoms with E-state index in [4.69, 9.17) is 20.4 Å². The Morgan fingerprint density at radius 1 is 0.388 bits per heavy atom. The van der Waals surface area contributed by atoms with Crippen molar-refractivity contribution in [1.29, 1.82) is 0 Å². The van der Waals surface area contributed by atoms with Gasteiger partial charge in [-0.05, 0) is 64.7 Å². The third kappa shape index (κ3) is 5.35. The lowest BCUT2D eigenvalue weighted by Crippen LogP contribution is -2.00. The molecule has 9 aromatic rings. The van der Waals surface area contributed by atoms with Crippen LogP contribution in [0.15, 0.2) is 182 Å².